The summed E-state index contributed by atoms with van der Waals surface area (Å²) in [6, 6.07) is -3.28. The third-order valence-electron chi connectivity index (χ3n) is 6.72. The van der Waals surface area contributed by atoms with Crippen molar-refractivity contribution in [3.05, 3.63) is 55.2 Å². The van der Waals surface area contributed by atoms with Crippen LogP contribution in [0, 0.1) is 132 Å². The second-order valence-electron chi connectivity index (χ2n) is 10.0. The van der Waals surface area contributed by atoms with E-state index in [4.69, 9.17) is 67.2 Å². The van der Waals surface area contributed by atoms with Crippen molar-refractivity contribution in [2.24, 2.45) is 0 Å². The Morgan fingerprint density at radius 2 is 0.918 bits per heavy atom. The molecular weight excluding hydrogens is 1300 g/mol. The molecule has 283 valence electrons. The van der Waals surface area contributed by atoms with Gasteiger partial charge >= 0.3 is 0 Å². The van der Waals surface area contributed by atoms with E-state index in [0.29, 0.717) is 6.42 Å². The number of hydrogen-bond acceptors (Lipinski definition) is 15. The van der Waals surface area contributed by atoms with Crippen LogP contribution in [-0.2, 0) is 18.9 Å². The average molecular weight is 1350 g/mol. The topological polar surface area (TPSA) is 331 Å². The maximum Gasteiger partial charge on any atom is 0.145 e. The van der Waals surface area contributed by atoms with Gasteiger partial charge in [-0.2, -0.15) is 0 Å². The zero-order valence-electron chi connectivity index (χ0n) is 26.5. The van der Waals surface area contributed by atoms with E-state index in [0.717, 1.165) is 0 Å². The van der Waals surface area contributed by atoms with Crippen LogP contribution in [0.3, 0.4) is 0 Å². The van der Waals surface area contributed by atoms with E-state index in [-0.39, 0.29) is 159 Å². The Morgan fingerprint density at radius 1 is 0.531 bits per heavy atom. The maximum absolute atomic E-state index is 9.48. The monoisotopic (exact) mass is 1350 g/mol. The predicted octanol–water partition coefficient (Wildman–Crippen LogP) is -2.85. The van der Waals surface area contributed by atoms with Crippen LogP contribution in [0.1, 0.15) is 13.8 Å². The molecule has 0 aliphatic carbocycles. The second kappa shape index (κ2) is 34.1. The molecule has 14 unspecified atom stereocenters. The van der Waals surface area contributed by atoms with Crippen LogP contribution in [0.2, 0.25) is 0 Å². The van der Waals surface area contributed by atoms with Gasteiger partial charge in [0.15, 0.2) is 0 Å². The summed E-state index contributed by atoms with van der Waals surface area (Å²) in [5.41, 5.74) is 22.2. The van der Waals surface area contributed by atoms with Crippen LogP contribution in [0.5, 0.6) is 0 Å². The first kappa shape index (κ1) is 61.1. The smallest absolute Gasteiger partial charge is 0.145 e. The van der Waals surface area contributed by atoms with Crippen molar-refractivity contribution in [1.82, 2.24) is 0 Å². The quantitative estimate of drug-likeness (QED) is 0.104. The third-order valence-corrected chi connectivity index (χ3v) is 6.72. The standard InChI is InChI=1S/C9H16NO5.C9H16NO4.C6H12NO5.C3H6O.CH4.3Ac/c1-2-3-14-9-6(10)8(13)7(12)5(4-11)15-9;1-2-3-5-7(10)9(13)8(12)6(4-11)14-5;7-3-5(10)4(9)2(1-8)12-6(3)11;1-2-3-4;;;;/h2,5-13H,1,3-4H2;2,5-13H,1,3-4H2;2-11H,1H2;2,4H,1,3H2;1H4;;;/q3*-1;;;;;/t;5-,6?,7?,8?,9?;;;;;;/m.1....../s1. The minimum atomic E-state index is -1.46. The molecular formula is C28H54Ac3N3O15-3. The Balaban J connectivity index is -0.000000181. The largest absolute Gasteiger partial charge is 0.670 e. The van der Waals surface area contributed by atoms with Gasteiger partial charge in [-0.05, 0) is 6.42 Å². The van der Waals surface area contributed by atoms with Gasteiger partial charge in [-0.1, -0.05) is 43.8 Å². The van der Waals surface area contributed by atoms with E-state index < -0.39 is 105 Å². The van der Waals surface area contributed by atoms with Gasteiger partial charge in [0.25, 0.3) is 0 Å². The van der Waals surface area contributed by atoms with Gasteiger partial charge in [0.2, 0.25) is 0 Å². The van der Waals surface area contributed by atoms with E-state index in [2.05, 4.69) is 24.5 Å². The van der Waals surface area contributed by atoms with E-state index in [1.165, 1.54) is 12.2 Å². The summed E-state index contributed by atoms with van der Waals surface area (Å²) in [6.07, 6.45) is -8.36. The zero-order chi connectivity index (χ0) is 34.9. The molecule has 14 N–H and O–H groups in total. The molecule has 3 aliphatic rings. The van der Waals surface area contributed by atoms with Crippen LogP contribution in [0.4, 0.5) is 0 Å². The van der Waals surface area contributed by atoms with Crippen LogP contribution >= 0.6 is 0 Å². The van der Waals surface area contributed by atoms with Crippen molar-refractivity contribution in [3.8, 4) is 0 Å². The zero-order valence-corrected chi connectivity index (χ0v) is 40.8. The molecule has 3 radical (unpaired) electrons. The molecule has 3 aliphatic heterocycles. The second-order valence-corrected chi connectivity index (χ2v) is 10.0. The van der Waals surface area contributed by atoms with Crippen molar-refractivity contribution in [2.45, 2.75) is 106 Å². The van der Waals surface area contributed by atoms with Crippen molar-refractivity contribution in [3.63, 3.8) is 0 Å². The fourth-order valence-corrected chi connectivity index (χ4v) is 4.04. The molecule has 49 heavy (non-hydrogen) atoms. The van der Waals surface area contributed by atoms with Crippen molar-refractivity contribution in [1.29, 1.82) is 0 Å². The SMILES string of the molecule is C.C=CCO.C=CCOC1OC(CO)C(O)C(O)C1[NH-].C=CC[C@H]1OC(CO)C(O)C(O)C1[NH-].[Ac].[Ac].[Ac].[NH-]C1C(O)OC(CO)C(O)C1O. The molecule has 15 atom stereocenters. The maximum atomic E-state index is 9.48. The molecule has 0 amide bonds. The molecule has 0 aromatic rings. The molecule has 3 heterocycles. The number of rotatable bonds is 9. The first-order valence-electron chi connectivity index (χ1n) is 14.0. The first-order valence-corrected chi connectivity index (χ1v) is 14.0. The molecule has 3 rings (SSSR count). The number of nitrogens with one attached hydrogen (secondary N) is 3. The van der Waals surface area contributed by atoms with Gasteiger partial charge in [-0.3, -0.25) is 0 Å². The third kappa shape index (κ3) is 20.5. The summed E-state index contributed by atoms with van der Waals surface area (Å²) >= 11 is 0. The minimum Gasteiger partial charge on any atom is -0.670 e. The molecule has 3 saturated heterocycles. The van der Waals surface area contributed by atoms with Crippen molar-refractivity contribution >= 4 is 0 Å². The Kier molecular flexibility index (Phi) is 42.5. The number of hydrogen-bond donors (Lipinski definition) is 11. The molecule has 0 saturated carbocycles. The average Bonchev–Trinajstić information content (AvgIpc) is 3.05. The molecule has 0 aromatic carbocycles. The summed E-state index contributed by atoms with van der Waals surface area (Å²) in [5.74, 6) is 0. The molecule has 0 aromatic heterocycles. The van der Waals surface area contributed by atoms with Gasteiger partial charge in [-0.15, -0.1) is 19.7 Å². The van der Waals surface area contributed by atoms with Gasteiger partial charge in [0.1, 0.15) is 49.2 Å². The molecule has 21 heteroatoms. The minimum absolute atomic E-state index is 0. The predicted molar refractivity (Wildman–Crippen MR) is 165 cm³/mol. The van der Waals surface area contributed by atoms with E-state index in [1.807, 2.05) is 0 Å². The van der Waals surface area contributed by atoms with Gasteiger partial charge < -0.3 is 92.3 Å². The Bertz CT molecular complexity index is 826. The van der Waals surface area contributed by atoms with Gasteiger partial charge in [0.05, 0.1) is 51.3 Å². The molecule has 0 bridgehead atoms. The molecule has 0 spiro atoms. The van der Waals surface area contributed by atoms with Gasteiger partial charge in [-0.25, -0.2) is 0 Å². The van der Waals surface area contributed by atoms with Crippen molar-refractivity contribution in [2.75, 3.05) is 33.0 Å². The van der Waals surface area contributed by atoms with E-state index >= 15 is 0 Å². The Morgan fingerprint density at radius 3 is 1.31 bits per heavy atom. The molecule has 18 nitrogen and oxygen atoms in total. The summed E-state index contributed by atoms with van der Waals surface area (Å²) in [7, 11) is 0. The van der Waals surface area contributed by atoms with Crippen molar-refractivity contribution < 1.29 is 207 Å². The van der Waals surface area contributed by atoms with Crippen LogP contribution in [0.15, 0.2) is 38.0 Å². The van der Waals surface area contributed by atoms with Gasteiger partial charge in [0, 0.05) is 138 Å². The van der Waals surface area contributed by atoms with Crippen LogP contribution < -0.4 is 0 Å². The molecule has 3 fully saturated rings. The normalized spacial score (nSPS) is 37.7. The summed E-state index contributed by atoms with van der Waals surface area (Å²) in [5, 5.41) is 99.2. The number of aliphatic hydroxyl groups excluding tert-OH is 11. The number of aliphatic hydroxyl groups is 11. The number of ether oxygens (including phenoxy) is 4. The van der Waals surface area contributed by atoms with E-state index in [1.54, 1.807) is 6.08 Å². The Hall–Kier alpha value is 2.82. The summed E-state index contributed by atoms with van der Waals surface area (Å²) < 4.78 is 20.1. The summed E-state index contributed by atoms with van der Waals surface area (Å²) in [6.45, 7) is 9.16. The van der Waals surface area contributed by atoms with Crippen LogP contribution in [-0.4, -0.2) is 181 Å². The fraction of sp³-hybridized carbons (Fsp3) is 0.786. The van der Waals surface area contributed by atoms with Crippen LogP contribution in [0.25, 0.3) is 17.2 Å². The first-order chi connectivity index (χ1) is 21.2. The summed E-state index contributed by atoms with van der Waals surface area (Å²) in [4.78, 5) is 0. The fourth-order valence-electron chi connectivity index (χ4n) is 4.04. The van der Waals surface area contributed by atoms with E-state index in [9.17, 15) is 20.4 Å². The Labute approximate surface area is 395 Å².